The van der Waals surface area contributed by atoms with E-state index >= 15 is 0 Å². The molecule has 1 amide bonds. The summed E-state index contributed by atoms with van der Waals surface area (Å²) < 4.78 is 0. The molecular weight excluding hydrogens is 546 g/mol. The molecule has 2 heteroatoms. The molecule has 1 N–H and O–H groups in total. The first kappa shape index (κ1) is 43.7. The zero-order chi connectivity index (χ0) is 35.4. The Morgan fingerprint density at radius 2 is 1.29 bits per heavy atom. The summed E-state index contributed by atoms with van der Waals surface area (Å²) in [5, 5.41) is 3.37. The average Bonchev–Trinajstić information content (AvgIpc) is 2.96. The molecule has 0 saturated heterocycles. The van der Waals surface area contributed by atoms with E-state index in [1.165, 1.54) is 5.56 Å². The first-order chi connectivity index (χ1) is 21.0. The van der Waals surface area contributed by atoms with Gasteiger partial charge in [0, 0.05) is 11.0 Å². The Morgan fingerprint density at radius 3 is 1.73 bits per heavy atom. The number of amides is 1. The van der Waals surface area contributed by atoms with Gasteiger partial charge in [0.15, 0.2) is 0 Å². The van der Waals surface area contributed by atoms with Gasteiger partial charge in [0.1, 0.15) is 0 Å². The Balaban J connectivity index is 0. The van der Waals surface area contributed by atoms with E-state index in [0.717, 1.165) is 40.7 Å². The Bertz CT molecular complexity index is 1220. The number of aryl methyl sites for hydroxylation is 1. The van der Waals surface area contributed by atoms with Crippen LogP contribution in [0.2, 0.25) is 0 Å². The van der Waals surface area contributed by atoms with Gasteiger partial charge >= 0.3 is 0 Å². The summed E-state index contributed by atoms with van der Waals surface area (Å²) in [5.41, 5.74) is 5.48. The van der Waals surface area contributed by atoms with Crippen molar-refractivity contribution in [1.82, 2.24) is 5.32 Å². The van der Waals surface area contributed by atoms with Gasteiger partial charge in [-0.25, -0.2) is 0 Å². The average molecular weight is 614 g/mol. The first-order valence-corrected chi connectivity index (χ1v) is 16.8. The number of carbonyl (C=O) groups excluding carboxylic acids is 1. The van der Waals surface area contributed by atoms with Crippen LogP contribution in [0.5, 0.6) is 0 Å². The highest BCUT2D eigenvalue weighted by molar-refractivity contribution is 5.82. The van der Waals surface area contributed by atoms with Crippen LogP contribution in [0, 0.1) is 23.7 Å². The third-order valence-electron chi connectivity index (χ3n) is 7.19. The van der Waals surface area contributed by atoms with Crippen LogP contribution in [0.3, 0.4) is 0 Å². The lowest BCUT2D eigenvalue weighted by atomic mass is 9.69. The predicted molar refractivity (Wildman–Crippen MR) is 205 cm³/mol. The molecule has 45 heavy (non-hydrogen) atoms. The number of nitrogens with one attached hydrogen (secondary N) is 1. The molecule has 1 rings (SSSR count). The number of allylic oxidation sites excluding steroid dienone is 12. The number of benzene rings is 1. The van der Waals surface area contributed by atoms with E-state index in [1.54, 1.807) is 0 Å². The summed E-state index contributed by atoms with van der Waals surface area (Å²) in [6.45, 7) is 41.3. The summed E-state index contributed by atoms with van der Waals surface area (Å²) in [6.07, 6.45) is 19.7. The maximum Gasteiger partial charge on any atom is 0.226 e. The summed E-state index contributed by atoms with van der Waals surface area (Å²) in [7, 11) is 0. The molecule has 0 radical (unpaired) electrons. The SMILES string of the molecule is C=C\C=C(C(=C\C=C)/C(=C/C=C)C(=C\C)/C=C/c1ccc(C)cc1)\C(C)(C)CC(C)(C)NC(=O)C(C)(C)CC(C)C.CC.CC. The van der Waals surface area contributed by atoms with Gasteiger partial charge in [-0.3, -0.25) is 4.79 Å². The van der Waals surface area contributed by atoms with E-state index in [1.807, 2.05) is 59.8 Å². The van der Waals surface area contributed by atoms with Crippen LogP contribution in [0.25, 0.3) is 6.08 Å². The van der Waals surface area contributed by atoms with Gasteiger partial charge in [0.25, 0.3) is 0 Å². The molecule has 0 saturated carbocycles. The van der Waals surface area contributed by atoms with Crippen molar-refractivity contribution in [3.63, 3.8) is 0 Å². The fourth-order valence-corrected chi connectivity index (χ4v) is 5.74. The molecule has 0 heterocycles. The lowest BCUT2D eigenvalue weighted by Gasteiger charge is -2.40. The number of hydrogen-bond donors (Lipinski definition) is 1. The van der Waals surface area contributed by atoms with Crippen molar-refractivity contribution in [2.45, 2.75) is 115 Å². The molecule has 0 aromatic heterocycles. The highest BCUT2D eigenvalue weighted by atomic mass is 16.2. The highest BCUT2D eigenvalue weighted by Gasteiger charge is 2.37. The maximum atomic E-state index is 13.4. The second-order valence-corrected chi connectivity index (χ2v) is 13.3. The number of hydrogen-bond acceptors (Lipinski definition) is 1. The second-order valence-electron chi connectivity index (χ2n) is 13.3. The van der Waals surface area contributed by atoms with Crippen LogP contribution in [0.4, 0.5) is 0 Å². The van der Waals surface area contributed by atoms with Crippen molar-refractivity contribution in [3.8, 4) is 0 Å². The van der Waals surface area contributed by atoms with Crippen molar-refractivity contribution in [2.75, 3.05) is 0 Å². The second kappa shape index (κ2) is 21.4. The van der Waals surface area contributed by atoms with E-state index < -0.39 is 11.0 Å². The Morgan fingerprint density at radius 1 is 0.800 bits per heavy atom. The normalized spacial score (nSPS) is 13.4. The fraction of sp³-hybridized carbons (Fsp3) is 0.465. The fourth-order valence-electron chi connectivity index (χ4n) is 5.74. The summed E-state index contributed by atoms with van der Waals surface area (Å²) in [4.78, 5) is 13.4. The molecule has 250 valence electrons. The predicted octanol–water partition coefficient (Wildman–Crippen LogP) is 12.7. The molecule has 2 nitrogen and oxygen atoms in total. The minimum Gasteiger partial charge on any atom is -0.351 e. The van der Waals surface area contributed by atoms with Crippen LogP contribution in [-0.2, 0) is 4.79 Å². The molecule has 0 aliphatic heterocycles. The summed E-state index contributed by atoms with van der Waals surface area (Å²) >= 11 is 0. The van der Waals surface area contributed by atoms with E-state index in [0.29, 0.717) is 5.92 Å². The minimum atomic E-state index is -0.439. The van der Waals surface area contributed by atoms with Crippen LogP contribution in [0.1, 0.15) is 114 Å². The number of carbonyl (C=O) groups is 1. The maximum absolute atomic E-state index is 13.4. The molecule has 1 aromatic carbocycles. The first-order valence-electron chi connectivity index (χ1n) is 16.8. The van der Waals surface area contributed by atoms with Crippen molar-refractivity contribution in [1.29, 1.82) is 0 Å². The largest absolute Gasteiger partial charge is 0.351 e. The monoisotopic (exact) mass is 614 g/mol. The smallest absolute Gasteiger partial charge is 0.226 e. The van der Waals surface area contributed by atoms with Gasteiger partial charge in [-0.2, -0.15) is 0 Å². The lowest BCUT2D eigenvalue weighted by molar-refractivity contribution is -0.132. The van der Waals surface area contributed by atoms with E-state index in [4.69, 9.17) is 0 Å². The molecule has 0 aliphatic rings. The third kappa shape index (κ3) is 15.4. The minimum absolute atomic E-state index is 0.0906. The van der Waals surface area contributed by atoms with Crippen LogP contribution < -0.4 is 5.32 Å². The van der Waals surface area contributed by atoms with Crippen LogP contribution in [0.15, 0.2) is 115 Å². The molecule has 0 bridgehead atoms. The zero-order valence-corrected chi connectivity index (χ0v) is 31.5. The van der Waals surface area contributed by atoms with Gasteiger partial charge in [0.05, 0.1) is 0 Å². The lowest BCUT2D eigenvalue weighted by Crippen LogP contribution is -2.51. The summed E-state index contributed by atoms with van der Waals surface area (Å²) in [6, 6.07) is 8.50. The van der Waals surface area contributed by atoms with Gasteiger partial charge in [-0.05, 0) is 79.7 Å². The third-order valence-corrected chi connectivity index (χ3v) is 7.19. The molecule has 1 aromatic rings. The number of rotatable bonds is 15. The molecule has 0 fully saturated rings. The van der Waals surface area contributed by atoms with Crippen molar-refractivity contribution < 1.29 is 4.79 Å². The van der Waals surface area contributed by atoms with Gasteiger partial charge in [0.2, 0.25) is 5.91 Å². The van der Waals surface area contributed by atoms with E-state index in [-0.39, 0.29) is 11.3 Å². The molecule has 0 spiro atoms. The molecule has 0 unspecified atom stereocenters. The standard InChI is InChI=1S/C39H55NO.2C2H6/c1-14-18-33(32(17-4)26-25-31-23-21-30(7)22-24-31)34(19-15-2)35(20-16-3)38(10,11)28-39(12,13)40-36(41)37(8,9)27-29(5)6;2*1-2/h14-26,29H,1-3,27-28H2,4-13H3,(H,40,41);2*1-2H3/b26-25+,32-17-,33-18+,34-19-,35-20+;;. The van der Waals surface area contributed by atoms with Gasteiger partial charge < -0.3 is 5.32 Å². The van der Waals surface area contributed by atoms with Crippen LogP contribution >= 0.6 is 0 Å². The van der Waals surface area contributed by atoms with Crippen molar-refractivity contribution in [2.24, 2.45) is 16.7 Å². The van der Waals surface area contributed by atoms with Crippen molar-refractivity contribution >= 4 is 12.0 Å². The topological polar surface area (TPSA) is 29.1 Å². The van der Waals surface area contributed by atoms with Gasteiger partial charge in [-0.1, -0.05) is 173 Å². The zero-order valence-electron chi connectivity index (χ0n) is 31.5. The summed E-state index contributed by atoms with van der Waals surface area (Å²) in [5.74, 6) is 0.535. The van der Waals surface area contributed by atoms with E-state index in [9.17, 15) is 4.79 Å². The van der Waals surface area contributed by atoms with Gasteiger partial charge in [-0.15, -0.1) is 0 Å². The van der Waals surface area contributed by atoms with Crippen LogP contribution in [-0.4, -0.2) is 11.4 Å². The van der Waals surface area contributed by atoms with Crippen molar-refractivity contribution in [3.05, 3.63) is 126 Å². The molecule has 0 aliphatic carbocycles. The Labute approximate surface area is 279 Å². The van der Waals surface area contributed by atoms with E-state index in [2.05, 4.69) is 141 Å². The molecule has 0 atom stereocenters. The quantitative estimate of drug-likeness (QED) is 0.196. The molecular formula is C43H67NO. The highest BCUT2D eigenvalue weighted by Crippen LogP contribution is 2.43. The Hall–Kier alpha value is -3.39. The Kier molecular flexibility index (Phi) is 20.8.